The number of halogens is 6. The van der Waals surface area contributed by atoms with E-state index in [0.29, 0.717) is 29.5 Å². The SMILES string of the molecule is O=S(=O)(O)O.[CH2-]C(NS(=O)(=O)c1ccc(Cl)s1)C(c1cc(F)cc(F)c1)C(F)(F)F.[Na+]. The molecular formula is C14H12ClF5NNaO6S3. The van der Waals surface area contributed by atoms with Crippen LogP contribution in [0.2, 0.25) is 4.34 Å². The summed E-state index contributed by atoms with van der Waals surface area (Å²) in [6, 6.07) is 1.79. The molecule has 0 saturated carbocycles. The van der Waals surface area contributed by atoms with Crippen molar-refractivity contribution in [3.05, 3.63) is 58.8 Å². The van der Waals surface area contributed by atoms with E-state index in [1.54, 1.807) is 4.72 Å². The fraction of sp³-hybridized carbons (Fsp3) is 0.214. The van der Waals surface area contributed by atoms with Crippen LogP contribution < -0.4 is 34.3 Å². The molecule has 2 aromatic rings. The van der Waals surface area contributed by atoms with Crippen molar-refractivity contribution in [3.63, 3.8) is 0 Å². The Kier molecular flexibility index (Phi) is 11.5. The van der Waals surface area contributed by atoms with Crippen molar-refractivity contribution in [3.8, 4) is 0 Å². The normalized spacial score (nSPS) is 14.1. The van der Waals surface area contributed by atoms with Gasteiger partial charge in [0.1, 0.15) is 15.8 Å². The molecule has 2 atom stereocenters. The maximum Gasteiger partial charge on any atom is 1.00 e. The molecule has 2 unspecified atom stereocenters. The number of alkyl halides is 3. The Labute approximate surface area is 205 Å². The Hall–Kier alpha value is -0.360. The molecule has 0 aliphatic heterocycles. The zero-order valence-corrected chi connectivity index (χ0v) is 20.5. The van der Waals surface area contributed by atoms with Gasteiger partial charge in [0, 0.05) is 6.07 Å². The zero-order valence-electron chi connectivity index (χ0n) is 15.3. The van der Waals surface area contributed by atoms with Crippen LogP contribution in [0.1, 0.15) is 11.5 Å². The van der Waals surface area contributed by atoms with Gasteiger partial charge in [0.2, 0.25) is 10.0 Å². The third-order valence-corrected chi connectivity index (χ3v) is 6.33. The van der Waals surface area contributed by atoms with E-state index in [9.17, 15) is 30.4 Å². The van der Waals surface area contributed by atoms with E-state index in [1.165, 1.54) is 6.07 Å². The zero-order chi connectivity index (χ0) is 23.5. The summed E-state index contributed by atoms with van der Waals surface area (Å²) in [5, 5.41) is 0. The molecule has 0 spiro atoms. The number of thiophene rings is 1. The molecule has 3 N–H and O–H groups in total. The van der Waals surface area contributed by atoms with Crippen LogP contribution in [0.3, 0.4) is 0 Å². The van der Waals surface area contributed by atoms with Crippen molar-refractivity contribution in [1.82, 2.24) is 4.72 Å². The Balaban J connectivity index is 0.00000135. The van der Waals surface area contributed by atoms with E-state index in [4.69, 9.17) is 29.1 Å². The van der Waals surface area contributed by atoms with Gasteiger partial charge in [-0.15, -0.1) is 11.3 Å². The first-order chi connectivity index (χ1) is 13.4. The second-order valence-corrected chi connectivity index (χ2v) is 10.0. The average Bonchev–Trinajstić information content (AvgIpc) is 2.89. The molecule has 2 rings (SSSR count). The molecule has 1 heterocycles. The van der Waals surface area contributed by atoms with Gasteiger partial charge in [0.15, 0.2) is 0 Å². The summed E-state index contributed by atoms with van der Waals surface area (Å²) < 4.78 is 124. The van der Waals surface area contributed by atoms with Crippen LogP contribution >= 0.6 is 22.9 Å². The second kappa shape index (κ2) is 11.7. The molecule has 31 heavy (non-hydrogen) atoms. The van der Waals surface area contributed by atoms with Gasteiger partial charge in [-0.05, 0) is 29.8 Å². The summed E-state index contributed by atoms with van der Waals surface area (Å²) in [7, 11) is -9.00. The maximum absolute atomic E-state index is 13.4. The van der Waals surface area contributed by atoms with Crippen LogP contribution in [0.5, 0.6) is 0 Å². The summed E-state index contributed by atoms with van der Waals surface area (Å²) >= 11 is 6.26. The van der Waals surface area contributed by atoms with Crippen molar-refractivity contribution in [1.29, 1.82) is 0 Å². The van der Waals surface area contributed by atoms with E-state index in [2.05, 4.69) is 6.92 Å². The third kappa shape index (κ3) is 10.9. The summed E-state index contributed by atoms with van der Waals surface area (Å²) in [4.78, 5) is 0. The second-order valence-electron chi connectivity index (χ2n) is 5.46. The van der Waals surface area contributed by atoms with Crippen molar-refractivity contribution >= 4 is 43.4 Å². The first kappa shape index (κ1) is 30.6. The van der Waals surface area contributed by atoms with Crippen LogP contribution in [-0.4, -0.2) is 38.2 Å². The first-order valence-corrected chi connectivity index (χ1v) is 11.3. The summed E-state index contributed by atoms with van der Waals surface area (Å²) in [6.07, 6.45) is -5.00. The fourth-order valence-electron chi connectivity index (χ4n) is 2.17. The molecular weight excluding hydrogens is 528 g/mol. The van der Waals surface area contributed by atoms with Gasteiger partial charge in [-0.3, -0.25) is 9.11 Å². The van der Waals surface area contributed by atoms with Gasteiger partial charge in [-0.25, -0.2) is 21.9 Å². The fourth-order valence-corrected chi connectivity index (χ4v) is 4.84. The number of nitrogens with one attached hydrogen (secondary N) is 1. The van der Waals surface area contributed by atoms with Crippen LogP contribution in [0.15, 0.2) is 34.5 Å². The molecule has 0 fully saturated rings. The van der Waals surface area contributed by atoms with Gasteiger partial charge >= 0.3 is 46.1 Å². The molecule has 170 valence electrons. The number of hydrogen-bond acceptors (Lipinski definition) is 5. The van der Waals surface area contributed by atoms with Crippen molar-refractivity contribution < 1.29 is 77.5 Å². The van der Waals surface area contributed by atoms with Crippen LogP contribution in [0.25, 0.3) is 0 Å². The van der Waals surface area contributed by atoms with Gasteiger partial charge in [-0.2, -0.15) is 21.6 Å². The minimum absolute atomic E-state index is 0. The van der Waals surface area contributed by atoms with Gasteiger partial charge in [0.05, 0.1) is 10.3 Å². The molecule has 0 aliphatic rings. The molecule has 17 heteroatoms. The average molecular weight is 540 g/mol. The molecule has 0 saturated heterocycles. The predicted molar refractivity (Wildman–Crippen MR) is 98.1 cm³/mol. The van der Waals surface area contributed by atoms with Crippen molar-refractivity contribution in [2.45, 2.75) is 22.3 Å². The predicted octanol–water partition coefficient (Wildman–Crippen LogP) is 0.858. The van der Waals surface area contributed by atoms with Crippen LogP contribution in [0, 0.1) is 18.6 Å². The summed E-state index contributed by atoms with van der Waals surface area (Å²) in [5.74, 6) is -4.99. The smallest absolute Gasteiger partial charge is 0.325 e. The minimum Gasteiger partial charge on any atom is -0.325 e. The van der Waals surface area contributed by atoms with Crippen LogP contribution in [0.4, 0.5) is 22.0 Å². The topological polar surface area (TPSA) is 121 Å². The van der Waals surface area contributed by atoms with E-state index in [-0.39, 0.29) is 38.1 Å². The summed E-state index contributed by atoms with van der Waals surface area (Å²) in [5.41, 5.74) is -0.781. The van der Waals surface area contributed by atoms with Gasteiger partial charge in [0.25, 0.3) is 0 Å². The summed E-state index contributed by atoms with van der Waals surface area (Å²) in [6.45, 7) is 3.17. The number of rotatable bonds is 5. The maximum atomic E-state index is 13.4. The number of benzene rings is 1. The number of hydrogen-bond donors (Lipinski definition) is 3. The van der Waals surface area contributed by atoms with Crippen molar-refractivity contribution in [2.75, 3.05) is 0 Å². The Bertz CT molecular complexity index is 1070. The third-order valence-electron chi connectivity index (χ3n) is 3.12. The Morgan fingerprint density at radius 2 is 1.48 bits per heavy atom. The first-order valence-electron chi connectivity index (χ1n) is 7.23. The Morgan fingerprint density at radius 1 is 1.03 bits per heavy atom. The van der Waals surface area contributed by atoms with E-state index >= 15 is 0 Å². The molecule has 1 aromatic carbocycles. The molecule has 0 amide bonds. The molecule has 0 radical (unpaired) electrons. The van der Waals surface area contributed by atoms with Crippen LogP contribution in [-0.2, 0) is 20.4 Å². The van der Waals surface area contributed by atoms with E-state index in [0.717, 1.165) is 6.07 Å². The van der Waals surface area contributed by atoms with E-state index in [1.807, 2.05) is 0 Å². The molecule has 0 bridgehead atoms. The van der Waals surface area contributed by atoms with Gasteiger partial charge in [-0.1, -0.05) is 17.6 Å². The standard InChI is InChI=1S/C14H10ClF5NO2S2.Na.H2O4S/c1-7(21-25(22,23)12-3-2-11(15)24-12)13(14(18,19)20)8-4-9(16)6-10(17)5-8;;1-5(2,3)4/h2-7,13,21H,1H2;;(H2,1,2,3,4)/q-1;+1;. The van der Waals surface area contributed by atoms with Gasteiger partial charge < -0.3 is 6.92 Å². The quantitative estimate of drug-likeness (QED) is 0.224. The number of sulfonamides is 1. The monoisotopic (exact) mass is 539 g/mol. The molecule has 1 aromatic heterocycles. The molecule has 0 aliphatic carbocycles. The largest absolute Gasteiger partial charge is 1.00 e. The minimum atomic E-state index is -5.00. The van der Waals surface area contributed by atoms with Crippen molar-refractivity contribution in [2.24, 2.45) is 0 Å². The van der Waals surface area contributed by atoms with E-state index < -0.39 is 55.8 Å². The molecule has 7 nitrogen and oxygen atoms in total. The Morgan fingerprint density at radius 3 is 1.84 bits per heavy atom.